The Morgan fingerprint density at radius 3 is 3.00 bits per heavy atom. The number of carbonyl (C=O) groups is 1. The number of aromatic nitrogens is 2. The van der Waals surface area contributed by atoms with E-state index >= 15 is 0 Å². The first kappa shape index (κ1) is 16.5. The van der Waals surface area contributed by atoms with Crippen molar-refractivity contribution >= 4 is 5.91 Å². The van der Waals surface area contributed by atoms with E-state index in [4.69, 9.17) is 4.74 Å². The zero-order chi connectivity index (χ0) is 16.9. The lowest BCUT2D eigenvalue weighted by Crippen LogP contribution is -2.42. The molecule has 6 heteroatoms. The van der Waals surface area contributed by atoms with Crippen LogP contribution in [0.5, 0.6) is 0 Å². The van der Waals surface area contributed by atoms with E-state index in [1.807, 2.05) is 13.0 Å². The van der Waals surface area contributed by atoms with Gasteiger partial charge in [0.05, 0.1) is 13.2 Å². The van der Waals surface area contributed by atoms with Crippen molar-refractivity contribution in [1.82, 2.24) is 14.9 Å². The Labute approximate surface area is 140 Å². The minimum absolute atomic E-state index is 0.000735. The van der Waals surface area contributed by atoms with Crippen molar-refractivity contribution in [3.05, 3.63) is 59.4 Å². The summed E-state index contributed by atoms with van der Waals surface area (Å²) in [5, 5.41) is 0. The van der Waals surface area contributed by atoms with Crippen LogP contribution in [0.2, 0.25) is 0 Å². The Bertz CT molecular complexity index is 723. The number of aryl methyl sites for hydroxylation is 2. The largest absolute Gasteiger partial charge is 0.367 e. The van der Waals surface area contributed by atoms with E-state index < -0.39 is 0 Å². The molecule has 1 amide bonds. The van der Waals surface area contributed by atoms with Crippen molar-refractivity contribution in [3.63, 3.8) is 0 Å². The highest BCUT2D eigenvalue weighted by atomic mass is 19.1. The number of amides is 1. The Kier molecular flexibility index (Phi) is 5.15. The second-order valence-corrected chi connectivity index (χ2v) is 5.85. The molecule has 1 fully saturated rings. The number of nitrogens with zero attached hydrogens (tertiary/aromatic N) is 3. The second kappa shape index (κ2) is 7.49. The maximum atomic E-state index is 13.6. The van der Waals surface area contributed by atoms with Crippen molar-refractivity contribution in [3.8, 4) is 0 Å². The zero-order valence-corrected chi connectivity index (χ0v) is 13.6. The fourth-order valence-electron chi connectivity index (χ4n) is 2.76. The fourth-order valence-corrected chi connectivity index (χ4v) is 2.76. The number of rotatable bonds is 4. The number of benzene rings is 1. The van der Waals surface area contributed by atoms with Crippen LogP contribution in [0, 0.1) is 12.7 Å². The Hall–Kier alpha value is -2.34. The number of morpholine rings is 1. The normalized spacial score (nSPS) is 17.8. The van der Waals surface area contributed by atoms with Crippen LogP contribution in [0.3, 0.4) is 0 Å². The minimum atomic E-state index is -0.309. The summed E-state index contributed by atoms with van der Waals surface area (Å²) >= 11 is 0. The highest BCUT2D eigenvalue weighted by molar-refractivity contribution is 5.76. The first-order valence-electron chi connectivity index (χ1n) is 8.06. The second-order valence-electron chi connectivity index (χ2n) is 5.85. The summed E-state index contributed by atoms with van der Waals surface area (Å²) in [7, 11) is 0. The maximum absolute atomic E-state index is 13.6. The van der Waals surface area contributed by atoms with Gasteiger partial charge in [0.15, 0.2) is 5.82 Å². The topological polar surface area (TPSA) is 55.3 Å². The van der Waals surface area contributed by atoms with Crippen LogP contribution in [0.15, 0.2) is 36.5 Å². The first-order valence-corrected chi connectivity index (χ1v) is 8.06. The molecule has 1 saturated heterocycles. The molecule has 1 aliphatic rings. The Balaban J connectivity index is 1.60. The molecule has 1 unspecified atom stereocenters. The van der Waals surface area contributed by atoms with Gasteiger partial charge in [-0.3, -0.25) is 4.79 Å². The van der Waals surface area contributed by atoms with Crippen molar-refractivity contribution in [2.24, 2.45) is 0 Å². The summed E-state index contributed by atoms with van der Waals surface area (Å²) in [6, 6.07) is 8.38. The molecule has 0 N–H and O–H groups in total. The number of ether oxygens (including phenoxy) is 1. The molecule has 0 radical (unpaired) electrons. The van der Waals surface area contributed by atoms with Gasteiger partial charge in [0.25, 0.3) is 0 Å². The van der Waals surface area contributed by atoms with Crippen LogP contribution in [-0.2, 0) is 16.0 Å². The van der Waals surface area contributed by atoms with Gasteiger partial charge in [0.1, 0.15) is 11.9 Å². The van der Waals surface area contributed by atoms with E-state index in [2.05, 4.69) is 9.97 Å². The van der Waals surface area contributed by atoms with Crippen molar-refractivity contribution in [1.29, 1.82) is 0 Å². The summed E-state index contributed by atoms with van der Waals surface area (Å²) in [5.74, 6) is 0.333. The van der Waals surface area contributed by atoms with Gasteiger partial charge in [0.2, 0.25) is 5.91 Å². The lowest BCUT2D eigenvalue weighted by atomic mass is 10.1. The van der Waals surface area contributed by atoms with Crippen molar-refractivity contribution in [2.75, 3.05) is 19.7 Å². The Morgan fingerprint density at radius 2 is 2.21 bits per heavy atom. The molecule has 24 heavy (non-hydrogen) atoms. The summed E-state index contributed by atoms with van der Waals surface area (Å²) in [4.78, 5) is 22.8. The highest BCUT2D eigenvalue weighted by Gasteiger charge is 2.27. The quantitative estimate of drug-likeness (QED) is 0.865. The molecule has 1 aromatic carbocycles. The third kappa shape index (κ3) is 3.94. The Morgan fingerprint density at radius 1 is 1.38 bits per heavy atom. The van der Waals surface area contributed by atoms with E-state index in [0.29, 0.717) is 37.5 Å². The van der Waals surface area contributed by atoms with Crippen LogP contribution >= 0.6 is 0 Å². The molecule has 126 valence electrons. The van der Waals surface area contributed by atoms with Gasteiger partial charge < -0.3 is 9.64 Å². The average molecular weight is 329 g/mol. The molecule has 1 atom stereocenters. The third-order valence-electron chi connectivity index (χ3n) is 4.09. The van der Waals surface area contributed by atoms with Crippen molar-refractivity contribution < 1.29 is 13.9 Å². The number of carbonyl (C=O) groups excluding carboxylic acids is 1. The van der Waals surface area contributed by atoms with Gasteiger partial charge in [-0.15, -0.1) is 0 Å². The van der Waals surface area contributed by atoms with Crippen LogP contribution < -0.4 is 0 Å². The zero-order valence-electron chi connectivity index (χ0n) is 13.6. The smallest absolute Gasteiger partial charge is 0.223 e. The van der Waals surface area contributed by atoms with E-state index in [-0.39, 0.29) is 24.2 Å². The highest BCUT2D eigenvalue weighted by Crippen LogP contribution is 2.20. The maximum Gasteiger partial charge on any atom is 0.223 e. The van der Waals surface area contributed by atoms with E-state index in [1.54, 1.807) is 29.3 Å². The summed E-state index contributed by atoms with van der Waals surface area (Å²) < 4.78 is 19.3. The molecule has 0 spiro atoms. The molecule has 0 aliphatic carbocycles. The van der Waals surface area contributed by atoms with E-state index in [1.165, 1.54) is 6.07 Å². The molecule has 2 aromatic rings. The predicted molar refractivity (Wildman–Crippen MR) is 86.8 cm³/mol. The average Bonchev–Trinajstić information content (AvgIpc) is 2.61. The summed E-state index contributed by atoms with van der Waals surface area (Å²) in [6.45, 7) is 3.32. The number of halogens is 1. The lowest BCUT2D eigenvalue weighted by Gasteiger charge is -2.32. The summed E-state index contributed by atoms with van der Waals surface area (Å²) in [5.41, 5.74) is 1.43. The van der Waals surface area contributed by atoms with Crippen LogP contribution in [0.4, 0.5) is 4.39 Å². The SMILES string of the molecule is Cc1ccnc(C2CN(C(=O)CCc3ccccc3F)CCO2)n1. The number of hydrogen-bond acceptors (Lipinski definition) is 4. The first-order chi connectivity index (χ1) is 11.6. The van der Waals surface area contributed by atoms with Gasteiger partial charge in [-0.05, 0) is 31.0 Å². The standard InChI is InChI=1S/C18H20FN3O2/c1-13-8-9-20-18(21-13)16-12-22(10-11-24-16)17(23)7-6-14-4-2-3-5-15(14)19/h2-5,8-9,16H,6-7,10-12H2,1H3. The molecular weight excluding hydrogens is 309 g/mol. The number of hydrogen-bond donors (Lipinski definition) is 0. The molecular formula is C18H20FN3O2. The molecule has 1 aliphatic heterocycles. The minimum Gasteiger partial charge on any atom is -0.367 e. The molecule has 2 heterocycles. The fraction of sp³-hybridized carbons (Fsp3) is 0.389. The van der Waals surface area contributed by atoms with Crippen LogP contribution in [-0.4, -0.2) is 40.5 Å². The van der Waals surface area contributed by atoms with Gasteiger partial charge in [-0.1, -0.05) is 18.2 Å². The predicted octanol–water partition coefficient (Wildman–Crippen LogP) is 2.46. The van der Waals surface area contributed by atoms with E-state index in [9.17, 15) is 9.18 Å². The molecule has 0 bridgehead atoms. The molecule has 1 aromatic heterocycles. The molecule has 5 nitrogen and oxygen atoms in total. The summed E-state index contributed by atoms with van der Waals surface area (Å²) in [6.07, 6.45) is 2.06. The van der Waals surface area contributed by atoms with Crippen molar-refractivity contribution in [2.45, 2.75) is 25.9 Å². The van der Waals surface area contributed by atoms with Crippen LogP contribution in [0.1, 0.15) is 29.6 Å². The van der Waals surface area contributed by atoms with Gasteiger partial charge in [0, 0.05) is 24.9 Å². The molecule has 3 rings (SSSR count). The molecule has 0 saturated carbocycles. The van der Waals surface area contributed by atoms with Crippen LogP contribution in [0.25, 0.3) is 0 Å². The van der Waals surface area contributed by atoms with Gasteiger partial charge >= 0.3 is 0 Å². The van der Waals surface area contributed by atoms with Gasteiger partial charge in [-0.25, -0.2) is 14.4 Å². The lowest BCUT2D eigenvalue weighted by molar-refractivity contribution is -0.139. The third-order valence-corrected chi connectivity index (χ3v) is 4.09. The van der Waals surface area contributed by atoms with Gasteiger partial charge in [-0.2, -0.15) is 0 Å². The van der Waals surface area contributed by atoms with E-state index in [0.717, 1.165) is 5.69 Å². The monoisotopic (exact) mass is 329 g/mol.